The molecule has 28 heavy (non-hydrogen) atoms. The van der Waals surface area contributed by atoms with E-state index >= 15 is 0 Å². The second kappa shape index (κ2) is 14.7. The van der Waals surface area contributed by atoms with Gasteiger partial charge in [-0.2, -0.15) is 0 Å². The summed E-state index contributed by atoms with van der Waals surface area (Å²) in [5, 5.41) is 0. The Morgan fingerprint density at radius 3 is 1.14 bits per heavy atom. The van der Waals surface area contributed by atoms with Gasteiger partial charge in [-0.05, 0) is 12.8 Å². The fraction of sp³-hybridized carbons (Fsp3) is 0.750. The van der Waals surface area contributed by atoms with Crippen LogP contribution >= 0.6 is 0 Å². The Hall–Kier alpha value is -1.31. The van der Waals surface area contributed by atoms with Gasteiger partial charge in [0.1, 0.15) is 0 Å². The van der Waals surface area contributed by atoms with Crippen molar-refractivity contribution in [3.8, 4) is 11.8 Å². The topological polar surface area (TPSA) is 108 Å². The van der Waals surface area contributed by atoms with E-state index in [4.69, 9.17) is 36.0 Å². The number of rotatable bonds is 14. The van der Waals surface area contributed by atoms with Crippen molar-refractivity contribution >= 4 is 29.5 Å². The van der Waals surface area contributed by atoms with E-state index in [1.165, 1.54) is 42.7 Å². The van der Waals surface area contributed by atoms with Gasteiger partial charge in [-0.15, -0.1) is 0 Å². The Balaban J connectivity index is 4.12. The molecule has 0 atom stereocenters. The standard InChI is InChI=1S/C16H30O10Si2/c1-19-27(20-2,21-3)13-7-11-25-15(17)9-10-16(18)26-12-8-14-28(22-4,23-5)24-6/h7-8,11-14H2,1-6H3. The summed E-state index contributed by atoms with van der Waals surface area (Å²) in [5.74, 6) is 2.52. The van der Waals surface area contributed by atoms with E-state index in [1.807, 2.05) is 0 Å². The van der Waals surface area contributed by atoms with Crippen LogP contribution in [-0.2, 0) is 45.6 Å². The van der Waals surface area contributed by atoms with Crippen molar-refractivity contribution in [1.29, 1.82) is 0 Å². The second-order valence-corrected chi connectivity index (χ2v) is 11.5. The van der Waals surface area contributed by atoms with E-state index < -0.39 is 29.5 Å². The van der Waals surface area contributed by atoms with Crippen LogP contribution < -0.4 is 0 Å². The Morgan fingerprint density at radius 1 is 0.607 bits per heavy atom. The minimum atomic E-state index is -2.69. The summed E-state index contributed by atoms with van der Waals surface area (Å²) in [5.41, 5.74) is 0. The van der Waals surface area contributed by atoms with Crippen molar-refractivity contribution in [2.24, 2.45) is 0 Å². The SMILES string of the molecule is CO[Si](CCCOC(=O)C#CC(=O)OCCC[Si](OC)(OC)OC)(OC)OC. The molecule has 0 saturated heterocycles. The van der Waals surface area contributed by atoms with E-state index in [0.717, 1.165) is 0 Å². The van der Waals surface area contributed by atoms with Gasteiger partial charge >= 0.3 is 29.5 Å². The molecule has 10 nitrogen and oxygen atoms in total. The highest BCUT2D eigenvalue weighted by Gasteiger charge is 2.37. The van der Waals surface area contributed by atoms with Gasteiger partial charge in [0.15, 0.2) is 0 Å². The molecule has 0 aromatic heterocycles. The van der Waals surface area contributed by atoms with Gasteiger partial charge in [0.25, 0.3) is 0 Å². The summed E-state index contributed by atoms with van der Waals surface area (Å²) in [4.78, 5) is 23.1. The molecule has 0 amide bonds. The van der Waals surface area contributed by atoms with Crippen LogP contribution in [0.4, 0.5) is 0 Å². The number of hydrogen-bond donors (Lipinski definition) is 0. The van der Waals surface area contributed by atoms with Gasteiger partial charge < -0.3 is 36.0 Å². The lowest BCUT2D eigenvalue weighted by molar-refractivity contribution is -0.138. The molecule has 0 N–H and O–H groups in total. The molecule has 0 aliphatic carbocycles. The average Bonchev–Trinajstić information content (AvgIpc) is 2.73. The quantitative estimate of drug-likeness (QED) is 0.126. The molecule has 0 spiro atoms. The smallest absolute Gasteiger partial charge is 0.456 e. The van der Waals surface area contributed by atoms with Crippen molar-refractivity contribution in [3.05, 3.63) is 0 Å². The molecular weight excluding hydrogens is 408 g/mol. The summed E-state index contributed by atoms with van der Waals surface area (Å²) in [6.07, 6.45) is 0.952. The zero-order chi connectivity index (χ0) is 21.5. The maximum Gasteiger partial charge on any atom is 0.500 e. The molecule has 12 heteroatoms. The van der Waals surface area contributed by atoms with Crippen LogP contribution in [0.1, 0.15) is 12.8 Å². The van der Waals surface area contributed by atoms with Crippen LogP contribution in [-0.4, -0.2) is 85.4 Å². The first-order chi connectivity index (χ1) is 13.4. The highest BCUT2D eigenvalue weighted by molar-refractivity contribution is 6.60. The lowest BCUT2D eigenvalue weighted by Crippen LogP contribution is -2.42. The molecule has 0 heterocycles. The Labute approximate surface area is 168 Å². The zero-order valence-corrected chi connectivity index (χ0v) is 19.3. The number of carbonyl (C=O) groups excluding carboxylic acids is 2. The van der Waals surface area contributed by atoms with Crippen LogP contribution in [0.15, 0.2) is 0 Å². The van der Waals surface area contributed by atoms with Gasteiger partial charge in [0.05, 0.1) is 13.2 Å². The van der Waals surface area contributed by atoms with E-state index in [2.05, 4.69) is 11.8 Å². The predicted octanol–water partition coefficient (Wildman–Crippen LogP) is 0.613. The fourth-order valence-corrected chi connectivity index (χ4v) is 5.57. The third-order valence-corrected chi connectivity index (χ3v) is 9.52. The minimum absolute atomic E-state index is 0.102. The predicted molar refractivity (Wildman–Crippen MR) is 102 cm³/mol. The van der Waals surface area contributed by atoms with Gasteiger partial charge in [0.2, 0.25) is 0 Å². The third kappa shape index (κ3) is 9.76. The summed E-state index contributed by atoms with van der Waals surface area (Å²) in [6, 6.07) is 0.961. The molecule has 0 aromatic rings. The summed E-state index contributed by atoms with van der Waals surface area (Å²) < 4.78 is 41.4. The van der Waals surface area contributed by atoms with Crippen LogP contribution in [0, 0.1) is 11.8 Å². The highest BCUT2D eigenvalue weighted by Crippen LogP contribution is 2.15. The molecule has 0 bridgehead atoms. The molecule has 0 aliphatic rings. The normalized spacial score (nSPS) is 11.5. The first-order valence-corrected chi connectivity index (χ1v) is 12.4. The van der Waals surface area contributed by atoms with Crippen molar-refractivity contribution in [1.82, 2.24) is 0 Å². The Morgan fingerprint density at radius 2 is 0.893 bits per heavy atom. The fourth-order valence-electron chi connectivity index (χ4n) is 2.19. The second-order valence-electron chi connectivity index (χ2n) is 5.32. The van der Waals surface area contributed by atoms with Crippen LogP contribution in [0.25, 0.3) is 0 Å². The molecule has 0 saturated carbocycles. The molecule has 0 aromatic carbocycles. The Kier molecular flexibility index (Phi) is 14.0. The molecule has 162 valence electrons. The number of ether oxygens (including phenoxy) is 2. The van der Waals surface area contributed by atoms with Gasteiger partial charge in [0, 0.05) is 66.6 Å². The lowest BCUT2D eigenvalue weighted by atomic mass is 10.5. The summed E-state index contributed by atoms with van der Waals surface area (Å²) in [7, 11) is 3.64. The molecule has 0 unspecified atom stereocenters. The van der Waals surface area contributed by atoms with Crippen molar-refractivity contribution in [3.63, 3.8) is 0 Å². The maximum absolute atomic E-state index is 11.5. The van der Waals surface area contributed by atoms with Crippen LogP contribution in [0.5, 0.6) is 0 Å². The summed E-state index contributed by atoms with van der Waals surface area (Å²) in [6.45, 7) is 0.205. The molecule has 0 fully saturated rings. The maximum atomic E-state index is 11.5. The van der Waals surface area contributed by atoms with E-state index in [1.54, 1.807) is 0 Å². The first-order valence-electron chi connectivity index (χ1n) is 8.53. The zero-order valence-electron chi connectivity index (χ0n) is 17.3. The van der Waals surface area contributed by atoms with E-state index in [0.29, 0.717) is 24.9 Å². The molecule has 0 radical (unpaired) electrons. The minimum Gasteiger partial charge on any atom is -0.456 e. The number of carbonyl (C=O) groups is 2. The van der Waals surface area contributed by atoms with Crippen molar-refractivity contribution in [2.45, 2.75) is 24.9 Å². The lowest BCUT2D eigenvalue weighted by Gasteiger charge is -2.23. The molecular formula is C16H30O10Si2. The van der Waals surface area contributed by atoms with Gasteiger partial charge in [-0.25, -0.2) is 9.59 Å². The van der Waals surface area contributed by atoms with Gasteiger partial charge in [-0.1, -0.05) is 0 Å². The van der Waals surface area contributed by atoms with E-state index in [9.17, 15) is 9.59 Å². The highest BCUT2D eigenvalue weighted by atomic mass is 28.4. The van der Waals surface area contributed by atoms with Crippen LogP contribution in [0.2, 0.25) is 12.1 Å². The molecule has 0 aliphatic heterocycles. The summed E-state index contributed by atoms with van der Waals surface area (Å²) >= 11 is 0. The Bertz CT molecular complexity index is 463. The van der Waals surface area contributed by atoms with E-state index in [-0.39, 0.29) is 13.2 Å². The van der Waals surface area contributed by atoms with Crippen molar-refractivity contribution in [2.75, 3.05) is 55.9 Å². The number of hydrogen-bond acceptors (Lipinski definition) is 10. The molecule has 0 rings (SSSR count). The first kappa shape index (κ1) is 26.7. The number of esters is 2. The largest absolute Gasteiger partial charge is 0.500 e. The van der Waals surface area contributed by atoms with Crippen molar-refractivity contribution < 1.29 is 45.6 Å². The van der Waals surface area contributed by atoms with Crippen LogP contribution in [0.3, 0.4) is 0 Å². The monoisotopic (exact) mass is 438 g/mol. The average molecular weight is 439 g/mol. The third-order valence-electron chi connectivity index (χ3n) is 3.85. The van der Waals surface area contributed by atoms with Gasteiger partial charge in [-0.3, -0.25) is 0 Å².